The fourth-order valence-corrected chi connectivity index (χ4v) is 1.90. The fraction of sp³-hybridized carbons (Fsp3) is 0. The molecule has 3 aromatic rings. The molecule has 0 amide bonds. The summed E-state index contributed by atoms with van der Waals surface area (Å²) in [7, 11) is 0. The summed E-state index contributed by atoms with van der Waals surface area (Å²) in [5.74, 6) is -0.896. The summed E-state index contributed by atoms with van der Waals surface area (Å²) in [4.78, 5) is 26.5. The summed E-state index contributed by atoms with van der Waals surface area (Å²) in [6.07, 6.45) is 4.31. The third kappa shape index (κ3) is 2.18. The van der Waals surface area contributed by atoms with Crippen molar-refractivity contribution < 1.29 is 14.8 Å². The van der Waals surface area contributed by atoms with Gasteiger partial charge in [0.15, 0.2) is 11.4 Å². The zero-order valence-electron chi connectivity index (χ0n) is 10.5. The first kappa shape index (κ1) is 12.7. The molecule has 0 aliphatic carbocycles. The maximum absolute atomic E-state index is 12.3. The lowest BCUT2D eigenvalue weighted by atomic mass is 10.0. The Hall–Kier alpha value is -3.29. The van der Waals surface area contributed by atoms with E-state index in [1.807, 2.05) is 0 Å². The Morgan fingerprint density at radius 3 is 2.90 bits per heavy atom. The maximum Gasteiger partial charge on any atom is 0.270 e. The predicted molar refractivity (Wildman–Crippen MR) is 71.2 cm³/mol. The first-order valence-electron chi connectivity index (χ1n) is 5.88. The van der Waals surface area contributed by atoms with Crippen LogP contribution in [0.2, 0.25) is 0 Å². The highest BCUT2D eigenvalue weighted by atomic mass is 16.6. The van der Waals surface area contributed by atoms with Crippen molar-refractivity contribution in [3.05, 3.63) is 64.1 Å². The number of nitro benzene ring substituents is 1. The van der Waals surface area contributed by atoms with Crippen LogP contribution in [-0.2, 0) is 0 Å². The monoisotopic (exact) mass is 284 g/mol. The number of carbonyl (C=O) groups excluding carboxylic acids is 1. The average molecular weight is 284 g/mol. The van der Waals surface area contributed by atoms with Crippen LogP contribution in [0.25, 0.3) is 5.65 Å². The van der Waals surface area contributed by atoms with Gasteiger partial charge in [0.1, 0.15) is 5.75 Å². The number of aromatic hydroxyl groups is 1. The number of hydrogen-bond acceptors (Lipinski definition) is 6. The molecule has 0 spiro atoms. The molecule has 0 atom stereocenters. The molecule has 0 fully saturated rings. The van der Waals surface area contributed by atoms with E-state index in [1.54, 1.807) is 6.07 Å². The van der Waals surface area contributed by atoms with Crippen molar-refractivity contribution in [2.75, 3.05) is 0 Å². The van der Waals surface area contributed by atoms with E-state index < -0.39 is 10.7 Å². The molecule has 0 unspecified atom stereocenters. The fourth-order valence-electron chi connectivity index (χ4n) is 1.90. The Morgan fingerprint density at radius 2 is 2.14 bits per heavy atom. The first-order chi connectivity index (χ1) is 10.1. The Balaban J connectivity index is 2.08. The van der Waals surface area contributed by atoms with Gasteiger partial charge in [0.05, 0.1) is 22.2 Å². The minimum Gasteiger partial charge on any atom is -0.507 e. The number of ketones is 1. The summed E-state index contributed by atoms with van der Waals surface area (Å²) >= 11 is 0. The Bertz CT molecular complexity index is 871. The van der Waals surface area contributed by atoms with Crippen LogP contribution < -0.4 is 0 Å². The molecular weight excluding hydrogens is 276 g/mol. The van der Waals surface area contributed by atoms with E-state index in [2.05, 4.69) is 10.1 Å². The van der Waals surface area contributed by atoms with Crippen LogP contribution in [0.15, 0.2) is 42.9 Å². The molecule has 104 valence electrons. The number of benzene rings is 1. The van der Waals surface area contributed by atoms with Gasteiger partial charge in [-0.3, -0.25) is 14.9 Å². The van der Waals surface area contributed by atoms with Crippen LogP contribution in [0.4, 0.5) is 5.69 Å². The molecule has 21 heavy (non-hydrogen) atoms. The van der Waals surface area contributed by atoms with Crippen molar-refractivity contribution in [2.24, 2.45) is 0 Å². The molecule has 1 aromatic carbocycles. The van der Waals surface area contributed by atoms with Gasteiger partial charge < -0.3 is 5.11 Å². The van der Waals surface area contributed by atoms with Gasteiger partial charge in [-0.2, -0.15) is 5.10 Å². The predicted octanol–water partition coefficient (Wildman–Crippen LogP) is 1.57. The zero-order valence-corrected chi connectivity index (χ0v) is 10.5. The number of rotatable bonds is 3. The van der Waals surface area contributed by atoms with Crippen LogP contribution in [0.3, 0.4) is 0 Å². The smallest absolute Gasteiger partial charge is 0.270 e. The number of fused-ring (bicyclic) bond motifs is 1. The van der Waals surface area contributed by atoms with E-state index in [0.29, 0.717) is 5.65 Å². The van der Waals surface area contributed by atoms with Gasteiger partial charge in [0, 0.05) is 30.6 Å². The molecule has 2 aromatic heterocycles. The van der Waals surface area contributed by atoms with Gasteiger partial charge in [-0.05, 0) is 6.07 Å². The highest BCUT2D eigenvalue weighted by Gasteiger charge is 2.18. The molecule has 3 rings (SSSR count). The third-order valence-corrected chi connectivity index (χ3v) is 2.94. The normalized spacial score (nSPS) is 10.7. The van der Waals surface area contributed by atoms with Crippen molar-refractivity contribution in [2.45, 2.75) is 0 Å². The molecule has 8 nitrogen and oxygen atoms in total. The van der Waals surface area contributed by atoms with E-state index in [-0.39, 0.29) is 22.6 Å². The molecule has 0 saturated heterocycles. The van der Waals surface area contributed by atoms with Crippen molar-refractivity contribution in [3.8, 4) is 5.75 Å². The lowest BCUT2D eigenvalue weighted by Crippen LogP contribution is -2.05. The van der Waals surface area contributed by atoms with E-state index >= 15 is 0 Å². The number of nitro groups is 1. The van der Waals surface area contributed by atoms with E-state index in [1.165, 1.54) is 23.1 Å². The van der Waals surface area contributed by atoms with Gasteiger partial charge in [-0.25, -0.2) is 9.50 Å². The summed E-state index contributed by atoms with van der Waals surface area (Å²) < 4.78 is 1.40. The van der Waals surface area contributed by atoms with E-state index in [9.17, 15) is 20.0 Å². The Kier molecular flexibility index (Phi) is 2.83. The molecule has 0 bridgehead atoms. The molecular formula is C13H8N4O4. The molecule has 0 saturated carbocycles. The van der Waals surface area contributed by atoms with Gasteiger partial charge >= 0.3 is 0 Å². The first-order valence-corrected chi connectivity index (χ1v) is 5.88. The molecule has 0 aliphatic heterocycles. The van der Waals surface area contributed by atoms with Crippen LogP contribution in [0, 0.1) is 10.1 Å². The average Bonchev–Trinajstić information content (AvgIpc) is 2.94. The highest BCUT2D eigenvalue weighted by molar-refractivity contribution is 6.10. The lowest BCUT2D eigenvalue weighted by Gasteiger charge is -2.04. The number of non-ortho nitro benzene ring substituents is 1. The largest absolute Gasteiger partial charge is 0.507 e. The number of nitrogens with zero attached hydrogens (tertiary/aromatic N) is 4. The number of carbonyl (C=O) groups is 1. The molecule has 2 heterocycles. The summed E-state index contributed by atoms with van der Waals surface area (Å²) in [6.45, 7) is 0. The Morgan fingerprint density at radius 1 is 1.33 bits per heavy atom. The Labute approximate surface area is 117 Å². The van der Waals surface area contributed by atoms with Crippen molar-refractivity contribution >= 4 is 17.1 Å². The molecule has 8 heteroatoms. The summed E-state index contributed by atoms with van der Waals surface area (Å²) in [5, 5.41) is 24.4. The van der Waals surface area contributed by atoms with Crippen LogP contribution in [0.5, 0.6) is 5.75 Å². The summed E-state index contributed by atoms with van der Waals surface area (Å²) in [6, 6.07) is 4.94. The van der Waals surface area contributed by atoms with Gasteiger partial charge in [-0.15, -0.1) is 0 Å². The minimum atomic E-state index is -0.634. The lowest BCUT2D eigenvalue weighted by molar-refractivity contribution is -0.384. The molecule has 0 radical (unpaired) electrons. The number of phenolic OH excluding ortho intramolecular Hbond substituents is 1. The zero-order chi connectivity index (χ0) is 15.0. The highest BCUT2D eigenvalue weighted by Crippen LogP contribution is 2.25. The van der Waals surface area contributed by atoms with Crippen LogP contribution in [0.1, 0.15) is 15.9 Å². The SMILES string of the molecule is O=C(c1cnc2ccnn2c1)c1cc([N+](=O)[O-])ccc1O. The van der Waals surface area contributed by atoms with E-state index in [4.69, 9.17) is 0 Å². The van der Waals surface area contributed by atoms with Crippen LogP contribution in [-0.4, -0.2) is 30.4 Å². The topological polar surface area (TPSA) is 111 Å². The van der Waals surface area contributed by atoms with Gasteiger partial charge in [-0.1, -0.05) is 0 Å². The third-order valence-electron chi connectivity index (χ3n) is 2.94. The van der Waals surface area contributed by atoms with Crippen molar-refractivity contribution in [3.63, 3.8) is 0 Å². The second-order valence-corrected chi connectivity index (χ2v) is 4.26. The second-order valence-electron chi connectivity index (χ2n) is 4.26. The minimum absolute atomic E-state index is 0.155. The van der Waals surface area contributed by atoms with E-state index in [0.717, 1.165) is 18.2 Å². The van der Waals surface area contributed by atoms with Gasteiger partial charge in [0.2, 0.25) is 0 Å². The maximum atomic E-state index is 12.3. The van der Waals surface area contributed by atoms with Gasteiger partial charge in [0.25, 0.3) is 5.69 Å². The molecule has 1 N–H and O–H groups in total. The summed E-state index contributed by atoms with van der Waals surface area (Å²) in [5.41, 5.74) is 0.304. The van der Waals surface area contributed by atoms with Crippen molar-refractivity contribution in [1.82, 2.24) is 14.6 Å². The quantitative estimate of drug-likeness (QED) is 0.444. The number of phenols is 1. The number of aromatic nitrogens is 3. The standard InChI is InChI=1S/C13H8N4O4/c18-11-2-1-9(17(20)21)5-10(11)13(19)8-6-14-12-3-4-15-16(12)7-8/h1-7,18H. The second kappa shape index (κ2) is 4.67. The van der Waals surface area contributed by atoms with Crippen molar-refractivity contribution in [1.29, 1.82) is 0 Å². The van der Waals surface area contributed by atoms with Crippen LogP contribution >= 0.6 is 0 Å². The molecule has 0 aliphatic rings. The number of hydrogen-bond donors (Lipinski definition) is 1.